The van der Waals surface area contributed by atoms with Crippen LogP contribution >= 0.6 is 0 Å². The fourth-order valence-electron chi connectivity index (χ4n) is 3.73. The molecule has 0 amide bonds. The second kappa shape index (κ2) is 10.0. The summed E-state index contributed by atoms with van der Waals surface area (Å²) < 4.78 is 16.1. The van der Waals surface area contributed by atoms with E-state index in [4.69, 9.17) is 13.9 Å². The van der Waals surface area contributed by atoms with Gasteiger partial charge in [0.15, 0.2) is 28.6 Å². The van der Waals surface area contributed by atoms with E-state index < -0.39 is 23.3 Å². The van der Waals surface area contributed by atoms with Gasteiger partial charge in [-0.15, -0.1) is 0 Å². The summed E-state index contributed by atoms with van der Waals surface area (Å²) in [5.74, 6) is -2.68. The maximum Gasteiger partial charge on any atom is 0.294 e. The molecule has 7 heteroatoms. The third kappa shape index (κ3) is 4.52. The van der Waals surface area contributed by atoms with Crippen LogP contribution in [-0.2, 0) is 0 Å². The minimum atomic E-state index is -0.713. The molecule has 1 heterocycles. The van der Waals surface area contributed by atoms with Crippen LogP contribution in [0, 0.1) is 0 Å². The zero-order valence-electron chi connectivity index (χ0n) is 19.0. The molecule has 1 aromatic heterocycles. The number of furan rings is 1. The van der Waals surface area contributed by atoms with Gasteiger partial charge in [0.1, 0.15) is 11.1 Å². The summed E-state index contributed by atoms with van der Waals surface area (Å²) in [6, 6.07) is 18.2. The Kier molecular flexibility index (Phi) is 6.69. The molecule has 2 N–H and O–H groups in total. The van der Waals surface area contributed by atoms with Gasteiger partial charge in [-0.1, -0.05) is 72.8 Å². The zero-order chi connectivity index (χ0) is 24.9. The Morgan fingerprint density at radius 2 is 1.23 bits per heavy atom. The van der Waals surface area contributed by atoms with E-state index in [-0.39, 0.29) is 33.6 Å². The third-order valence-electron chi connectivity index (χ3n) is 5.36. The van der Waals surface area contributed by atoms with Gasteiger partial charge >= 0.3 is 0 Å². The number of methoxy groups -OCH3 is 2. The maximum atomic E-state index is 13.1. The Hall–Kier alpha value is -4.78. The Labute approximate surface area is 201 Å². The van der Waals surface area contributed by atoms with Crippen LogP contribution in [-0.4, -0.2) is 36.0 Å². The normalized spacial score (nSPS) is 11.4. The van der Waals surface area contributed by atoms with E-state index in [2.05, 4.69) is 0 Å². The molecule has 35 heavy (non-hydrogen) atoms. The van der Waals surface area contributed by atoms with Gasteiger partial charge in [-0.05, 0) is 23.3 Å². The molecule has 0 aliphatic carbocycles. The van der Waals surface area contributed by atoms with Gasteiger partial charge in [-0.3, -0.25) is 9.59 Å². The second-order valence-corrected chi connectivity index (χ2v) is 7.49. The predicted octanol–water partition coefficient (Wildman–Crippen LogP) is 5.65. The molecule has 176 valence electrons. The molecule has 0 saturated heterocycles. The summed E-state index contributed by atoms with van der Waals surface area (Å²) in [5.41, 5.74) is 0.852. The Morgan fingerprint density at radius 3 is 1.71 bits per heavy atom. The van der Waals surface area contributed by atoms with Crippen molar-refractivity contribution in [2.75, 3.05) is 14.2 Å². The molecule has 4 rings (SSSR count). The van der Waals surface area contributed by atoms with E-state index in [0.29, 0.717) is 0 Å². The highest BCUT2D eigenvalue weighted by Gasteiger charge is 2.32. The second-order valence-electron chi connectivity index (χ2n) is 7.49. The Morgan fingerprint density at radius 1 is 0.743 bits per heavy atom. The first kappa shape index (κ1) is 23.4. The first-order valence-corrected chi connectivity index (χ1v) is 10.6. The molecule has 0 unspecified atom stereocenters. The monoisotopic (exact) mass is 470 g/mol. The van der Waals surface area contributed by atoms with Crippen molar-refractivity contribution in [3.8, 4) is 23.2 Å². The highest BCUT2D eigenvalue weighted by atomic mass is 16.5. The number of ketones is 2. The molecular weight excluding hydrogens is 448 g/mol. The molecule has 3 aromatic carbocycles. The number of fused-ring (bicyclic) bond motifs is 1. The van der Waals surface area contributed by atoms with Crippen LogP contribution in [0.25, 0.3) is 23.1 Å². The van der Waals surface area contributed by atoms with Crippen LogP contribution in [0.1, 0.15) is 31.8 Å². The van der Waals surface area contributed by atoms with Crippen molar-refractivity contribution in [1.82, 2.24) is 0 Å². The van der Waals surface area contributed by atoms with Crippen molar-refractivity contribution in [1.29, 1.82) is 0 Å². The Balaban J connectivity index is 1.88. The molecule has 0 radical (unpaired) electrons. The first-order chi connectivity index (χ1) is 17.0. The standard InChI is InChI=1S/C28H22O7/c1-33-26-23-21(19(29)15-13-17-9-5-3-6-10-17)28(32)35-25(23)22(24(31)27(26)34-2)20(30)16-14-18-11-7-4-8-12-18/h3-16,31-32H,1-2H3. The molecule has 0 saturated carbocycles. The quantitative estimate of drug-likeness (QED) is 0.253. The number of ether oxygens (including phenoxy) is 2. The number of phenols is 1. The summed E-state index contributed by atoms with van der Waals surface area (Å²) in [6.07, 6.45) is 5.68. The minimum absolute atomic E-state index is 0.0128. The molecule has 7 nitrogen and oxygen atoms in total. The molecule has 0 atom stereocenters. The molecule has 0 aliphatic heterocycles. The van der Waals surface area contributed by atoms with Gasteiger partial charge in [0, 0.05) is 0 Å². The number of carbonyl (C=O) groups excluding carboxylic acids is 2. The van der Waals surface area contributed by atoms with Crippen molar-refractivity contribution in [3.05, 3.63) is 95.1 Å². The van der Waals surface area contributed by atoms with Crippen LogP contribution in [0.15, 0.2) is 77.2 Å². The Bertz CT molecular complexity index is 1450. The van der Waals surface area contributed by atoms with E-state index in [1.807, 2.05) is 60.7 Å². The number of hydrogen-bond donors (Lipinski definition) is 2. The summed E-state index contributed by atoms with van der Waals surface area (Å²) in [6.45, 7) is 0. The van der Waals surface area contributed by atoms with Crippen molar-refractivity contribution in [3.63, 3.8) is 0 Å². The van der Waals surface area contributed by atoms with Gasteiger partial charge in [0.2, 0.25) is 5.75 Å². The van der Waals surface area contributed by atoms with E-state index in [0.717, 1.165) is 11.1 Å². The van der Waals surface area contributed by atoms with Crippen molar-refractivity contribution < 1.29 is 33.7 Å². The van der Waals surface area contributed by atoms with Crippen molar-refractivity contribution >= 4 is 34.7 Å². The van der Waals surface area contributed by atoms with Crippen LogP contribution in [0.3, 0.4) is 0 Å². The van der Waals surface area contributed by atoms with E-state index in [1.165, 1.54) is 26.4 Å². The lowest BCUT2D eigenvalue weighted by Crippen LogP contribution is -2.02. The molecule has 0 aliphatic rings. The zero-order valence-corrected chi connectivity index (χ0v) is 19.0. The number of allylic oxidation sites excluding steroid dienone is 2. The van der Waals surface area contributed by atoms with Gasteiger partial charge in [-0.2, -0.15) is 0 Å². The number of hydrogen-bond acceptors (Lipinski definition) is 7. The fourth-order valence-corrected chi connectivity index (χ4v) is 3.73. The molecule has 0 spiro atoms. The number of benzene rings is 3. The highest BCUT2D eigenvalue weighted by Crippen LogP contribution is 2.50. The van der Waals surface area contributed by atoms with Gasteiger partial charge in [0.25, 0.3) is 5.95 Å². The lowest BCUT2D eigenvalue weighted by atomic mass is 9.99. The van der Waals surface area contributed by atoms with Crippen LogP contribution in [0.2, 0.25) is 0 Å². The largest absolute Gasteiger partial charge is 0.504 e. The predicted molar refractivity (Wildman–Crippen MR) is 132 cm³/mol. The summed E-state index contributed by atoms with van der Waals surface area (Å²) in [4.78, 5) is 26.2. The third-order valence-corrected chi connectivity index (χ3v) is 5.36. The summed E-state index contributed by atoms with van der Waals surface area (Å²) in [5, 5.41) is 21.4. The molecule has 4 aromatic rings. The lowest BCUT2D eigenvalue weighted by molar-refractivity contribution is 0.103. The van der Waals surface area contributed by atoms with E-state index >= 15 is 0 Å². The first-order valence-electron chi connectivity index (χ1n) is 10.6. The molecule has 0 fully saturated rings. The average Bonchev–Trinajstić information content (AvgIpc) is 3.22. The molecule has 0 bridgehead atoms. The van der Waals surface area contributed by atoms with Crippen LogP contribution in [0.4, 0.5) is 0 Å². The summed E-state index contributed by atoms with van der Waals surface area (Å²) >= 11 is 0. The van der Waals surface area contributed by atoms with E-state index in [1.54, 1.807) is 12.2 Å². The van der Waals surface area contributed by atoms with Crippen LogP contribution in [0.5, 0.6) is 23.2 Å². The lowest BCUT2D eigenvalue weighted by Gasteiger charge is -2.13. The maximum absolute atomic E-state index is 13.1. The van der Waals surface area contributed by atoms with E-state index in [9.17, 15) is 19.8 Å². The van der Waals surface area contributed by atoms with Gasteiger partial charge in [-0.25, -0.2) is 0 Å². The van der Waals surface area contributed by atoms with Crippen LogP contribution < -0.4 is 9.47 Å². The number of carbonyl (C=O) groups is 2. The van der Waals surface area contributed by atoms with Gasteiger partial charge in [0.05, 0.1) is 19.6 Å². The van der Waals surface area contributed by atoms with Crippen molar-refractivity contribution in [2.45, 2.75) is 0 Å². The SMILES string of the molecule is COc1c(O)c(C(=O)C=Cc2ccccc2)c2oc(O)c(C(=O)C=Cc3ccccc3)c2c1OC. The number of aromatic hydroxyl groups is 2. The minimum Gasteiger partial charge on any atom is -0.504 e. The topological polar surface area (TPSA) is 106 Å². The fraction of sp³-hybridized carbons (Fsp3) is 0.0714. The number of phenolic OH excluding ortho intramolecular Hbond substituents is 1. The smallest absolute Gasteiger partial charge is 0.294 e. The average molecular weight is 470 g/mol. The highest BCUT2D eigenvalue weighted by molar-refractivity contribution is 6.23. The number of rotatable bonds is 8. The summed E-state index contributed by atoms with van der Waals surface area (Å²) in [7, 11) is 2.60. The van der Waals surface area contributed by atoms with Gasteiger partial charge < -0.3 is 24.1 Å². The van der Waals surface area contributed by atoms with Crippen molar-refractivity contribution in [2.24, 2.45) is 0 Å². The molecular formula is C28H22O7.